The van der Waals surface area contributed by atoms with Gasteiger partial charge in [0.05, 0.1) is 0 Å². The zero-order valence-electron chi connectivity index (χ0n) is 11.0. The molecule has 0 aliphatic carbocycles. The minimum absolute atomic E-state index is 0.129. The number of likely N-dealkylation sites (tertiary alicyclic amines) is 1. The number of alkyl carbamates (subject to hydrolysis) is 1. The Morgan fingerprint density at radius 3 is 2.53 bits per heavy atom. The number of carboxylic acid groups (broad SMARTS) is 2. The minimum Gasteiger partial charge on any atom is -0.483 e. The Labute approximate surface area is 111 Å². The minimum atomic E-state index is -1.08. The number of amides is 1. The summed E-state index contributed by atoms with van der Waals surface area (Å²) in [5.74, 6) is -1.08. The topological polar surface area (TPSA) is 116 Å². The fourth-order valence-electron chi connectivity index (χ4n) is 1.66. The van der Waals surface area contributed by atoms with Crippen LogP contribution in [0.5, 0.6) is 0 Å². The molecule has 1 aliphatic heterocycles. The van der Waals surface area contributed by atoms with Crippen LogP contribution in [0.2, 0.25) is 0 Å². The highest BCUT2D eigenvalue weighted by atomic mass is 16.6. The number of nitrogens with one attached hydrogen (secondary N) is 1. The molecule has 0 saturated carbocycles. The van der Waals surface area contributed by atoms with E-state index < -0.39 is 18.6 Å². The third-order valence-electron chi connectivity index (χ3n) is 2.56. The normalized spacial score (nSPS) is 18.4. The fourth-order valence-corrected chi connectivity index (χ4v) is 1.66. The molecule has 1 heterocycles. The van der Waals surface area contributed by atoms with Crippen LogP contribution in [-0.2, 0) is 14.3 Å². The van der Waals surface area contributed by atoms with Crippen LogP contribution in [0, 0.1) is 0 Å². The first-order chi connectivity index (χ1) is 8.90. The summed E-state index contributed by atoms with van der Waals surface area (Å²) in [6.07, 6.45) is 0.0211. The smallest absolute Gasteiger partial charge is 0.407 e. The number of nitrogens with zero attached hydrogens (tertiary/aromatic N) is 1. The van der Waals surface area contributed by atoms with E-state index in [9.17, 15) is 9.59 Å². The standard InChI is InChI=1S/C10H18N2O4.CH2O2/c1-7(2)12-4-3-8(6-12)16-10(15)11-5-9(13)14;2-1-3/h7-8H,3-6H2,1-2H3,(H,11,15)(H,13,14);1H,(H,2,3). The molecule has 0 bridgehead atoms. The van der Waals surface area contributed by atoms with Gasteiger partial charge < -0.3 is 20.3 Å². The van der Waals surface area contributed by atoms with Crippen LogP contribution in [0.15, 0.2) is 0 Å². The molecule has 0 aromatic rings. The van der Waals surface area contributed by atoms with Crippen molar-refractivity contribution in [3.63, 3.8) is 0 Å². The number of carbonyl (C=O) groups excluding carboxylic acids is 1. The van der Waals surface area contributed by atoms with Crippen LogP contribution < -0.4 is 5.32 Å². The highest BCUT2D eigenvalue weighted by Gasteiger charge is 2.26. The third kappa shape index (κ3) is 7.98. The van der Waals surface area contributed by atoms with Gasteiger partial charge in [-0.3, -0.25) is 14.5 Å². The number of ether oxygens (including phenoxy) is 1. The molecule has 1 fully saturated rings. The van der Waals surface area contributed by atoms with Crippen molar-refractivity contribution in [2.75, 3.05) is 19.6 Å². The second-order valence-corrected chi connectivity index (χ2v) is 4.26. The predicted molar refractivity (Wildman–Crippen MR) is 65.9 cm³/mol. The molecule has 19 heavy (non-hydrogen) atoms. The molecule has 110 valence electrons. The maximum atomic E-state index is 11.2. The Kier molecular flexibility index (Phi) is 8.27. The Morgan fingerprint density at radius 2 is 2.11 bits per heavy atom. The van der Waals surface area contributed by atoms with E-state index in [1.165, 1.54) is 0 Å². The maximum absolute atomic E-state index is 11.2. The number of rotatable bonds is 4. The molecule has 1 saturated heterocycles. The van der Waals surface area contributed by atoms with E-state index in [0.717, 1.165) is 19.5 Å². The van der Waals surface area contributed by atoms with Crippen molar-refractivity contribution >= 4 is 18.5 Å². The lowest BCUT2D eigenvalue weighted by molar-refractivity contribution is -0.136. The van der Waals surface area contributed by atoms with Gasteiger partial charge in [0.2, 0.25) is 0 Å². The lowest BCUT2D eigenvalue weighted by atomic mass is 10.3. The van der Waals surface area contributed by atoms with Gasteiger partial charge in [-0.05, 0) is 20.3 Å². The Balaban J connectivity index is 0.000000982. The van der Waals surface area contributed by atoms with Crippen LogP contribution in [0.4, 0.5) is 4.79 Å². The number of hydrogen-bond donors (Lipinski definition) is 3. The van der Waals surface area contributed by atoms with Crippen molar-refractivity contribution < 1.29 is 29.3 Å². The van der Waals surface area contributed by atoms with E-state index in [1.54, 1.807) is 0 Å². The maximum Gasteiger partial charge on any atom is 0.407 e. The summed E-state index contributed by atoms with van der Waals surface area (Å²) in [5, 5.41) is 17.4. The van der Waals surface area contributed by atoms with Gasteiger partial charge >= 0.3 is 12.1 Å². The lowest BCUT2D eigenvalue weighted by Gasteiger charge is -2.19. The largest absolute Gasteiger partial charge is 0.483 e. The van der Waals surface area contributed by atoms with Crippen LogP contribution in [-0.4, -0.2) is 65.4 Å². The van der Waals surface area contributed by atoms with Gasteiger partial charge in [-0.2, -0.15) is 0 Å². The summed E-state index contributed by atoms with van der Waals surface area (Å²) in [6.45, 7) is 5.16. The quantitative estimate of drug-likeness (QED) is 0.618. The molecule has 3 N–H and O–H groups in total. The van der Waals surface area contributed by atoms with E-state index in [0.29, 0.717) is 6.04 Å². The Morgan fingerprint density at radius 1 is 1.53 bits per heavy atom. The second kappa shape index (κ2) is 9.15. The van der Waals surface area contributed by atoms with Crippen LogP contribution in [0.1, 0.15) is 20.3 Å². The molecular formula is C11H20N2O6. The SMILES string of the molecule is CC(C)N1CCC(OC(=O)NCC(=O)O)C1.O=CO. The van der Waals surface area contributed by atoms with Gasteiger partial charge in [0.25, 0.3) is 6.47 Å². The predicted octanol–water partition coefficient (Wildman–Crippen LogP) is -0.0193. The monoisotopic (exact) mass is 276 g/mol. The number of hydrogen-bond acceptors (Lipinski definition) is 5. The molecule has 0 spiro atoms. The molecular weight excluding hydrogens is 256 g/mol. The van der Waals surface area contributed by atoms with Crippen molar-refractivity contribution in [3.8, 4) is 0 Å². The molecule has 1 aliphatic rings. The van der Waals surface area contributed by atoms with Crippen LogP contribution in [0.3, 0.4) is 0 Å². The zero-order chi connectivity index (χ0) is 14.8. The molecule has 1 amide bonds. The van der Waals surface area contributed by atoms with E-state index >= 15 is 0 Å². The highest BCUT2D eigenvalue weighted by Crippen LogP contribution is 2.15. The van der Waals surface area contributed by atoms with Gasteiger partial charge in [0.15, 0.2) is 0 Å². The summed E-state index contributed by atoms with van der Waals surface area (Å²) in [7, 11) is 0. The molecule has 0 radical (unpaired) electrons. The van der Waals surface area contributed by atoms with Crippen LogP contribution in [0.25, 0.3) is 0 Å². The van der Waals surface area contributed by atoms with Crippen molar-refractivity contribution in [1.29, 1.82) is 0 Å². The van der Waals surface area contributed by atoms with E-state index in [2.05, 4.69) is 24.1 Å². The van der Waals surface area contributed by atoms with Gasteiger partial charge in [0, 0.05) is 19.1 Å². The average Bonchev–Trinajstić information content (AvgIpc) is 2.76. The highest BCUT2D eigenvalue weighted by molar-refractivity contribution is 5.76. The second-order valence-electron chi connectivity index (χ2n) is 4.26. The third-order valence-corrected chi connectivity index (χ3v) is 2.56. The van der Waals surface area contributed by atoms with Crippen molar-refractivity contribution in [2.45, 2.75) is 32.4 Å². The van der Waals surface area contributed by atoms with Crippen molar-refractivity contribution in [3.05, 3.63) is 0 Å². The summed E-state index contributed by atoms with van der Waals surface area (Å²) < 4.78 is 5.09. The fraction of sp³-hybridized carbons (Fsp3) is 0.727. The van der Waals surface area contributed by atoms with Gasteiger partial charge in [0.1, 0.15) is 12.6 Å². The van der Waals surface area contributed by atoms with Crippen molar-refractivity contribution in [1.82, 2.24) is 10.2 Å². The molecule has 1 atom stereocenters. The number of carbonyl (C=O) groups is 3. The number of aliphatic carboxylic acids is 1. The Bertz CT molecular complexity index is 308. The van der Waals surface area contributed by atoms with Gasteiger partial charge in [-0.25, -0.2) is 4.79 Å². The first kappa shape index (κ1) is 17.2. The molecule has 1 unspecified atom stereocenters. The first-order valence-electron chi connectivity index (χ1n) is 5.88. The van der Waals surface area contributed by atoms with E-state index in [-0.39, 0.29) is 12.6 Å². The Hall–Kier alpha value is -1.83. The number of carboxylic acids is 1. The molecule has 8 nitrogen and oxygen atoms in total. The summed E-state index contributed by atoms with van der Waals surface area (Å²) in [4.78, 5) is 31.9. The summed E-state index contributed by atoms with van der Waals surface area (Å²) >= 11 is 0. The molecule has 0 aromatic heterocycles. The van der Waals surface area contributed by atoms with Crippen LogP contribution >= 0.6 is 0 Å². The van der Waals surface area contributed by atoms with E-state index in [1.807, 2.05) is 0 Å². The van der Waals surface area contributed by atoms with E-state index in [4.69, 9.17) is 19.7 Å². The lowest BCUT2D eigenvalue weighted by Crippen LogP contribution is -2.35. The molecule has 8 heteroatoms. The zero-order valence-corrected chi connectivity index (χ0v) is 11.0. The molecule has 0 aromatic carbocycles. The van der Waals surface area contributed by atoms with Gasteiger partial charge in [-0.15, -0.1) is 0 Å². The average molecular weight is 276 g/mol. The van der Waals surface area contributed by atoms with Crippen molar-refractivity contribution in [2.24, 2.45) is 0 Å². The van der Waals surface area contributed by atoms with Gasteiger partial charge in [-0.1, -0.05) is 0 Å². The summed E-state index contributed by atoms with van der Waals surface area (Å²) in [6, 6.07) is 0.440. The summed E-state index contributed by atoms with van der Waals surface area (Å²) in [5.41, 5.74) is 0. The molecule has 1 rings (SSSR count). The first-order valence-corrected chi connectivity index (χ1v) is 5.88.